The van der Waals surface area contributed by atoms with Crippen molar-refractivity contribution >= 4 is 29.0 Å². The highest BCUT2D eigenvalue weighted by Crippen LogP contribution is 2.37. The molecule has 20 heavy (non-hydrogen) atoms. The highest BCUT2D eigenvalue weighted by atomic mass is 35.5. The van der Waals surface area contributed by atoms with Gasteiger partial charge in [-0.05, 0) is 24.4 Å². The van der Waals surface area contributed by atoms with Gasteiger partial charge < -0.3 is 14.5 Å². The molecule has 0 N–H and O–H groups in total. The minimum absolute atomic E-state index is 0.0674. The second-order valence-corrected chi connectivity index (χ2v) is 5.43. The van der Waals surface area contributed by atoms with Crippen molar-refractivity contribution in [2.75, 3.05) is 30.1 Å². The van der Waals surface area contributed by atoms with Crippen molar-refractivity contribution in [2.45, 2.75) is 31.8 Å². The van der Waals surface area contributed by atoms with Crippen molar-refractivity contribution in [3.05, 3.63) is 11.5 Å². The Balaban J connectivity index is 2.11. The van der Waals surface area contributed by atoms with Crippen molar-refractivity contribution < 1.29 is 9.53 Å². The molecule has 1 aromatic heterocycles. The van der Waals surface area contributed by atoms with Crippen LogP contribution in [0.1, 0.15) is 19.8 Å². The van der Waals surface area contributed by atoms with Crippen LogP contribution in [0.2, 0.25) is 5.28 Å². The van der Waals surface area contributed by atoms with E-state index in [9.17, 15) is 4.79 Å². The predicted molar refractivity (Wildman–Crippen MR) is 76.2 cm³/mol. The van der Waals surface area contributed by atoms with Crippen LogP contribution in [0.15, 0.2) is 6.20 Å². The number of halogens is 1. The molecule has 0 saturated carbocycles. The average molecular weight is 297 g/mol. The van der Waals surface area contributed by atoms with Crippen LogP contribution in [0.5, 0.6) is 0 Å². The highest BCUT2D eigenvalue weighted by molar-refractivity contribution is 6.28. The molecule has 0 spiro atoms. The van der Waals surface area contributed by atoms with Gasteiger partial charge in [0.25, 0.3) is 0 Å². The number of fused-ring (bicyclic) bond motifs is 1. The fraction of sp³-hybridized carbons (Fsp3) is 0.615. The second-order valence-electron chi connectivity index (χ2n) is 5.09. The van der Waals surface area contributed by atoms with Crippen LogP contribution >= 0.6 is 11.6 Å². The molecule has 1 amide bonds. The van der Waals surface area contributed by atoms with E-state index in [0.29, 0.717) is 12.3 Å². The van der Waals surface area contributed by atoms with Gasteiger partial charge in [-0.25, -0.2) is 4.98 Å². The Labute approximate surface area is 122 Å². The molecule has 1 saturated heterocycles. The Hall–Kier alpha value is -1.40. The fourth-order valence-electron chi connectivity index (χ4n) is 2.92. The molecule has 2 aliphatic rings. The maximum atomic E-state index is 12.5. The summed E-state index contributed by atoms with van der Waals surface area (Å²) in [4.78, 5) is 24.6. The number of carbonyl (C=O) groups is 1. The molecule has 3 heterocycles. The summed E-state index contributed by atoms with van der Waals surface area (Å²) >= 11 is 5.94. The minimum atomic E-state index is -0.217. The van der Waals surface area contributed by atoms with Crippen molar-refractivity contribution in [3.8, 4) is 0 Å². The molecule has 0 aliphatic carbocycles. The van der Waals surface area contributed by atoms with Crippen molar-refractivity contribution in [2.24, 2.45) is 0 Å². The Bertz CT molecular complexity index is 533. The number of likely N-dealkylation sites (N-methyl/N-ethyl adjacent to an activating group) is 1. The minimum Gasteiger partial charge on any atom is -0.379 e. The van der Waals surface area contributed by atoms with Gasteiger partial charge in [0.1, 0.15) is 11.7 Å². The summed E-state index contributed by atoms with van der Waals surface area (Å²) in [6.45, 7) is 3.34. The third-order valence-electron chi connectivity index (χ3n) is 3.96. The number of ether oxygens (including phenoxy) is 1. The smallest absolute Gasteiger partial charge is 0.249 e. The fourth-order valence-corrected chi connectivity index (χ4v) is 3.05. The maximum absolute atomic E-state index is 12.5. The zero-order valence-electron chi connectivity index (χ0n) is 11.5. The first-order chi connectivity index (χ1) is 9.63. The molecule has 1 fully saturated rings. The summed E-state index contributed by atoms with van der Waals surface area (Å²) in [5, 5.41) is 0.199. The molecule has 0 bridgehead atoms. The van der Waals surface area contributed by atoms with E-state index in [2.05, 4.69) is 14.9 Å². The molecular formula is C13H17ClN4O2. The van der Waals surface area contributed by atoms with Crippen LogP contribution < -0.4 is 9.80 Å². The van der Waals surface area contributed by atoms with Gasteiger partial charge in [0.2, 0.25) is 11.2 Å². The van der Waals surface area contributed by atoms with Crippen LogP contribution in [0, 0.1) is 0 Å². The van der Waals surface area contributed by atoms with Crippen LogP contribution in [0.4, 0.5) is 11.5 Å². The monoisotopic (exact) mass is 296 g/mol. The summed E-state index contributed by atoms with van der Waals surface area (Å²) in [5.74, 6) is 0.798. The van der Waals surface area contributed by atoms with E-state index in [4.69, 9.17) is 16.3 Å². The summed E-state index contributed by atoms with van der Waals surface area (Å²) in [6, 6.07) is -0.0486. The van der Waals surface area contributed by atoms with Crippen LogP contribution in [-0.2, 0) is 9.53 Å². The molecule has 1 aromatic rings. The number of rotatable bonds is 2. The molecule has 2 aliphatic heterocycles. The van der Waals surface area contributed by atoms with Crippen molar-refractivity contribution in [1.82, 2.24) is 9.97 Å². The number of carbonyl (C=O) groups excluding carboxylic acids is 1. The number of anilines is 2. The number of amides is 1. The zero-order valence-corrected chi connectivity index (χ0v) is 12.3. The second kappa shape index (κ2) is 5.18. The van der Waals surface area contributed by atoms with Gasteiger partial charge in [-0.1, -0.05) is 6.92 Å². The first-order valence-electron chi connectivity index (χ1n) is 6.79. The summed E-state index contributed by atoms with van der Waals surface area (Å²) in [7, 11) is 1.75. The number of aromatic nitrogens is 2. The van der Waals surface area contributed by atoms with Crippen LogP contribution in [0.25, 0.3) is 0 Å². The average Bonchev–Trinajstić information content (AvgIpc) is 2.96. The Morgan fingerprint density at radius 1 is 1.55 bits per heavy atom. The lowest BCUT2D eigenvalue weighted by molar-refractivity contribution is -0.120. The molecule has 0 unspecified atom stereocenters. The summed E-state index contributed by atoms with van der Waals surface area (Å²) in [6.07, 6.45) is 3.23. The van der Waals surface area contributed by atoms with E-state index in [1.807, 2.05) is 6.92 Å². The SMILES string of the molecule is CC[C@@H]1C(=O)N(C)c2cnc(Cl)nc2N1[C@H]1CCOC1. The zero-order chi connectivity index (χ0) is 14.3. The Kier molecular flexibility index (Phi) is 3.52. The van der Waals surface area contributed by atoms with E-state index >= 15 is 0 Å². The molecule has 6 nitrogen and oxygen atoms in total. The van der Waals surface area contributed by atoms with Crippen LogP contribution in [0.3, 0.4) is 0 Å². The number of nitrogens with zero attached hydrogens (tertiary/aromatic N) is 4. The van der Waals surface area contributed by atoms with E-state index < -0.39 is 0 Å². The first kappa shape index (κ1) is 13.6. The number of hydrogen-bond acceptors (Lipinski definition) is 5. The van der Waals surface area contributed by atoms with Crippen molar-refractivity contribution in [1.29, 1.82) is 0 Å². The van der Waals surface area contributed by atoms with Gasteiger partial charge >= 0.3 is 0 Å². The van der Waals surface area contributed by atoms with Gasteiger partial charge in [0.15, 0.2) is 5.82 Å². The van der Waals surface area contributed by atoms with E-state index in [-0.39, 0.29) is 23.3 Å². The highest BCUT2D eigenvalue weighted by Gasteiger charge is 2.41. The lowest BCUT2D eigenvalue weighted by atomic mass is 10.0. The van der Waals surface area contributed by atoms with Crippen LogP contribution in [-0.4, -0.2) is 48.2 Å². The number of hydrogen-bond donors (Lipinski definition) is 0. The molecule has 7 heteroatoms. The van der Waals surface area contributed by atoms with Gasteiger partial charge in [0.05, 0.1) is 18.8 Å². The topological polar surface area (TPSA) is 58.6 Å². The van der Waals surface area contributed by atoms with E-state index in [1.54, 1.807) is 18.1 Å². The van der Waals surface area contributed by atoms with Crippen molar-refractivity contribution in [3.63, 3.8) is 0 Å². The van der Waals surface area contributed by atoms with Gasteiger partial charge in [-0.2, -0.15) is 4.98 Å². The molecule has 0 radical (unpaired) electrons. The molecule has 108 valence electrons. The third kappa shape index (κ3) is 2.03. The third-order valence-corrected chi connectivity index (χ3v) is 4.15. The quantitative estimate of drug-likeness (QED) is 0.774. The van der Waals surface area contributed by atoms with Gasteiger partial charge in [0, 0.05) is 13.7 Å². The molecule has 0 aromatic carbocycles. The van der Waals surface area contributed by atoms with Gasteiger partial charge in [-0.3, -0.25) is 4.79 Å². The maximum Gasteiger partial charge on any atom is 0.249 e. The Morgan fingerprint density at radius 3 is 3.00 bits per heavy atom. The summed E-state index contributed by atoms with van der Waals surface area (Å²) < 4.78 is 5.47. The largest absolute Gasteiger partial charge is 0.379 e. The normalized spacial score (nSPS) is 26.1. The Morgan fingerprint density at radius 2 is 2.35 bits per heavy atom. The van der Waals surface area contributed by atoms with Gasteiger partial charge in [-0.15, -0.1) is 0 Å². The first-order valence-corrected chi connectivity index (χ1v) is 7.17. The lowest BCUT2D eigenvalue weighted by Gasteiger charge is -2.42. The van der Waals surface area contributed by atoms with E-state index in [1.165, 1.54) is 0 Å². The standard InChI is InChI=1S/C13H17ClN4O2/c1-3-9-12(19)17(2)10-6-15-13(14)16-11(10)18(9)8-4-5-20-7-8/h6,8-9H,3-5,7H2,1-2H3/t8-,9+/m0/s1. The molecular weight excluding hydrogens is 280 g/mol. The lowest BCUT2D eigenvalue weighted by Crippen LogP contribution is -2.56. The molecule has 3 rings (SSSR count). The molecule has 2 atom stereocenters. The summed E-state index contributed by atoms with van der Waals surface area (Å²) in [5.41, 5.74) is 0.705. The van der Waals surface area contributed by atoms with E-state index in [0.717, 1.165) is 25.3 Å². The predicted octanol–water partition coefficient (Wildman–Crippen LogP) is 1.48.